The van der Waals surface area contributed by atoms with E-state index >= 15 is 0 Å². The van der Waals surface area contributed by atoms with Gasteiger partial charge in [-0.2, -0.15) is 13.2 Å². The Morgan fingerprint density at radius 2 is 1.91 bits per heavy atom. The molecule has 0 radical (unpaired) electrons. The molecule has 0 spiro atoms. The number of rotatable bonds is 3. The van der Waals surface area contributed by atoms with Crippen molar-refractivity contribution in [2.24, 2.45) is 0 Å². The molecule has 0 fully saturated rings. The van der Waals surface area contributed by atoms with E-state index in [1.165, 1.54) is 12.1 Å². The van der Waals surface area contributed by atoms with Crippen molar-refractivity contribution < 1.29 is 13.2 Å². The number of aromatic amines is 2. The smallest absolute Gasteiger partial charge is 0.361 e. The van der Waals surface area contributed by atoms with Crippen molar-refractivity contribution >= 4 is 22.5 Å². The Morgan fingerprint density at radius 3 is 2.66 bits per heavy atom. The molecule has 32 heavy (non-hydrogen) atoms. The van der Waals surface area contributed by atoms with E-state index in [0.717, 1.165) is 28.6 Å². The molecule has 0 amide bonds. The van der Waals surface area contributed by atoms with Gasteiger partial charge in [0.05, 0.1) is 16.8 Å². The highest BCUT2D eigenvalue weighted by Gasteiger charge is 2.30. The Balaban J connectivity index is 1.38. The number of hydrogen-bond donors (Lipinski definition) is 2. The van der Waals surface area contributed by atoms with Gasteiger partial charge in [0.2, 0.25) is 0 Å². The van der Waals surface area contributed by atoms with Gasteiger partial charge in [-0.05, 0) is 35.9 Å². The van der Waals surface area contributed by atoms with E-state index in [1.807, 2.05) is 24.4 Å². The topological polar surface area (TPSA) is 64.8 Å². The normalized spacial score (nSPS) is 14.6. The summed E-state index contributed by atoms with van der Waals surface area (Å²) in [5.74, 6) is 0.280. The number of fused-ring (bicyclic) bond motifs is 2. The van der Waals surface area contributed by atoms with Crippen molar-refractivity contribution in [2.45, 2.75) is 25.7 Å². The summed E-state index contributed by atoms with van der Waals surface area (Å²) < 4.78 is 38.4. The van der Waals surface area contributed by atoms with Gasteiger partial charge in [-0.25, -0.2) is 4.98 Å². The van der Waals surface area contributed by atoms with Crippen LogP contribution >= 0.6 is 11.6 Å². The first-order valence-corrected chi connectivity index (χ1v) is 10.4. The van der Waals surface area contributed by atoms with E-state index in [0.29, 0.717) is 47.9 Å². The Bertz CT molecular complexity index is 1360. The fourth-order valence-corrected chi connectivity index (χ4v) is 4.26. The van der Waals surface area contributed by atoms with Crippen LogP contribution in [0.5, 0.6) is 0 Å². The Kier molecular flexibility index (Phi) is 5.06. The van der Waals surface area contributed by atoms with Gasteiger partial charge < -0.3 is 9.97 Å². The summed E-state index contributed by atoms with van der Waals surface area (Å²) in [4.78, 5) is 25.4. The van der Waals surface area contributed by atoms with Crippen LogP contribution in [0.2, 0.25) is 5.02 Å². The first kappa shape index (κ1) is 20.8. The van der Waals surface area contributed by atoms with Gasteiger partial charge in [-0.1, -0.05) is 23.7 Å². The minimum Gasteiger partial charge on any atom is -0.361 e. The van der Waals surface area contributed by atoms with E-state index in [1.54, 1.807) is 0 Å². The maximum Gasteiger partial charge on any atom is 0.416 e. The number of aromatic nitrogens is 3. The van der Waals surface area contributed by atoms with Crippen LogP contribution < -0.4 is 5.56 Å². The van der Waals surface area contributed by atoms with Crippen LogP contribution in [0.1, 0.15) is 22.4 Å². The molecule has 2 aromatic carbocycles. The second kappa shape index (κ2) is 7.79. The third-order valence-electron chi connectivity index (χ3n) is 5.76. The van der Waals surface area contributed by atoms with Crippen molar-refractivity contribution in [3.05, 3.63) is 86.4 Å². The second-order valence-electron chi connectivity index (χ2n) is 7.88. The summed E-state index contributed by atoms with van der Waals surface area (Å²) in [7, 11) is 0. The standard InChI is InChI=1S/C23H18ClF3N4O/c24-16-5-6-19-17(9-16)14(10-28-19)11-31-8-7-20-18(12-31)22(32)30-21(29-20)13-1-3-15(4-2-13)23(25,26)27/h1-6,9-10,28H,7-8,11-12H2,(H,29,30,32). The molecule has 9 heteroatoms. The average molecular weight is 459 g/mol. The number of benzene rings is 2. The molecule has 1 aliphatic heterocycles. The number of nitrogens with one attached hydrogen (secondary N) is 2. The first-order chi connectivity index (χ1) is 15.3. The largest absolute Gasteiger partial charge is 0.416 e. The molecule has 0 unspecified atom stereocenters. The molecule has 0 atom stereocenters. The molecule has 4 aromatic rings. The van der Waals surface area contributed by atoms with Crippen molar-refractivity contribution in [3.8, 4) is 11.4 Å². The number of H-pyrrole nitrogens is 2. The first-order valence-electron chi connectivity index (χ1n) is 10.1. The van der Waals surface area contributed by atoms with Crippen molar-refractivity contribution in [2.75, 3.05) is 6.54 Å². The molecule has 3 heterocycles. The van der Waals surface area contributed by atoms with Crippen LogP contribution in [0, 0.1) is 0 Å². The molecule has 1 aliphatic rings. The van der Waals surface area contributed by atoms with E-state index in [2.05, 4.69) is 19.9 Å². The Labute approximate surface area is 185 Å². The third kappa shape index (κ3) is 3.91. The summed E-state index contributed by atoms with van der Waals surface area (Å²) in [6.45, 7) is 1.81. The van der Waals surface area contributed by atoms with Gasteiger partial charge in [-0.3, -0.25) is 9.69 Å². The zero-order valence-corrected chi connectivity index (χ0v) is 17.5. The van der Waals surface area contributed by atoms with Crippen LogP contribution in [0.15, 0.2) is 53.5 Å². The minimum absolute atomic E-state index is 0.267. The predicted molar refractivity (Wildman–Crippen MR) is 116 cm³/mol. The van der Waals surface area contributed by atoms with Gasteiger partial charge in [0.25, 0.3) is 5.56 Å². The highest BCUT2D eigenvalue weighted by molar-refractivity contribution is 6.31. The van der Waals surface area contributed by atoms with Gasteiger partial charge >= 0.3 is 6.18 Å². The van der Waals surface area contributed by atoms with Crippen LogP contribution in [0.3, 0.4) is 0 Å². The summed E-state index contributed by atoms with van der Waals surface area (Å²) in [5, 5.41) is 1.71. The highest BCUT2D eigenvalue weighted by Crippen LogP contribution is 2.30. The molecule has 2 aromatic heterocycles. The highest BCUT2D eigenvalue weighted by atomic mass is 35.5. The quantitative estimate of drug-likeness (QED) is 0.446. The monoisotopic (exact) mass is 458 g/mol. The zero-order chi connectivity index (χ0) is 22.5. The fraction of sp³-hybridized carbons (Fsp3) is 0.217. The lowest BCUT2D eigenvalue weighted by molar-refractivity contribution is -0.137. The molecule has 2 N–H and O–H groups in total. The summed E-state index contributed by atoms with van der Waals surface area (Å²) in [6.07, 6.45) is -1.88. The zero-order valence-electron chi connectivity index (χ0n) is 16.8. The maximum absolute atomic E-state index is 12.8. The van der Waals surface area contributed by atoms with E-state index < -0.39 is 11.7 Å². The van der Waals surface area contributed by atoms with Crippen molar-refractivity contribution in [1.82, 2.24) is 19.9 Å². The number of nitrogens with zero attached hydrogens (tertiary/aromatic N) is 2. The van der Waals surface area contributed by atoms with Gasteiger partial charge in [0.1, 0.15) is 5.82 Å². The van der Waals surface area contributed by atoms with Gasteiger partial charge in [-0.15, -0.1) is 0 Å². The fourth-order valence-electron chi connectivity index (χ4n) is 4.09. The number of halogens is 4. The van der Waals surface area contributed by atoms with Crippen LogP contribution in [0.4, 0.5) is 13.2 Å². The van der Waals surface area contributed by atoms with Crippen molar-refractivity contribution in [3.63, 3.8) is 0 Å². The van der Waals surface area contributed by atoms with Gasteiger partial charge in [0.15, 0.2) is 0 Å². The Morgan fingerprint density at radius 1 is 1.12 bits per heavy atom. The van der Waals surface area contributed by atoms with Crippen LogP contribution in [-0.4, -0.2) is 26.4 Å². The third-order valence-corrected chi connectivity index (χ3v) is 5.99. The van der Waals surface area contributed by atoms with Crippen molar-refractivity contribution in [1.29, 1.82) is 0 Å². The second-order valence-corrected chi connectivity index (χ2v) is 8.32. The molecular weight excluding hydrogens is 441 g/mol. The lowest BCUT2D eigenvalue weighted by atomic mass is 10.0. The molecule has 164 valence electrons. The lowest BCUT2D eigenvalue weighted by Gasteiger charge is -2.27. The molecule has 0 saturated heterocycles. The summed E-state index contributed by atoms with van der Waals surface area (Å²) in [6, 6.07) is 10.3. The van der Waals surface area contributed by atoms with E-state index in [9.17, 15) is 18.0 Å². The number of hydrogen-bond acceptors (Lipinski definition) is 3. The molecule has 0 saturated carbocycles. The summed E-state index contributed by atoms with van der Waals surface area (Å²) in [5.41, 5.74) is 2.80. The molecule has 0 aliphatic carbocycles. The average Bonchev–Trinajstić information content (AvgIpc) is 3.15. The van der Waals surface area contributed by atoms with Crippen LogP contribution in [-0.2, 0) is 25.7 Å². The van der Waals surface area contributed by atoms with E-state index in [4.69, 9.17) is 11.6 Å². The SMILES string of the molecule is O=c1[nH]c(-c2ccc(C(F)(F)F)cc2)nc2c1CN(Cc1c[nH]c3ccc(Cl)cc13)CC2. The van der Waals surface area contributed by atoms with Gasteiger partial charge in [0, 0.05) is 53.7 Å². The maximum atomic E-state index is 12.8. The van der Waals surface area contributed by atoms with E-state index in [-0.39, 0.29) is 11.4 Å². The van der Waals surface area contributed by atoms with Crippen LogP contribution in [0.25, 0.3) is 22.3 Å². The summed E-state index contributed by atoms with van der Waals surface area (Å²) >= 11 is 6.14. The molecule has 0 bridgehead atoms. The molecule has 5 nitrogen and oxygen atoms in total. The lowest BCUT2D eigenvalue weighted by Crippen LogP contribution is -2.35. The minimum atomic E-state index is -4.41. The molecular formula is C23H18ClF3N4O. The number of alkyl halides is 3. The predicted octanol–water partition coefficient (Wildman–Crippen LogP) is 5.15. The molecule has 5 rings (SSSR count). The Hall–Kier alpha value is -3.10.